The number of rotatable bonds is 9. The molecule has 1 atom stereocenters. The Morgan fingerprint density at radius 1 is 1.28 bits per heavy atom. The van der Waals surface area contributed by atoms with Crippen LogP contribution in [0.4, 0.5) is 4.79 Å². The predicted molar refractivity (Wildman–Crippen MR) is 101 cm³/mol. The van der Waals surface area contributed by atoms with E-state index in [1.165, 1.54) is 25.9 Å². The van der Waals surface area contributed by atoms with Crippen molar-refractivity contribution >= 4 is 6.03 Å². The Morgan fingerprint density at radius 2 is 2.08 bits per heavy atom. The molecule has 1 unspecified atom stereocenters. The molecule has 1 aromatic rings. The molecule has 0 saturated carbocycles. The van der Waals surface area contributed by atoms with Crippen LogP contribution >= 0.6 is 0 Å². The lowest BCUT2D eigenvalue weighted by molar-refractivity contribution is 0.133. The quantitative estimate of drug-likeness (QED) is 0.675. The summed E-state index contributed by atoms with van der Waals surface area (Å²) in [4.78, 5) is 14.5. The second kappa shape index (κ2) is 11.1. The largest absolute Gasteiger partial charge is 0.377 e. The van der Waals surface area contributed by atoms with E-state index in [2.05, 4.69) is 22.5 Å². The summed E-state index contributed by atoms with van der Waals surface area (Å²) < 4.78 is 5.48. The van der Waals surface area contributed by atoms with Crippen LogP contribution < -0.4 is 10.6 Å². The van der Waals surface area contributed by atoms with Crippen molar-refractivity contribution in [1.29, 1.82) is 0 Å². The van der Waals surface area contributed by atoms with E-state index in [0.29, 0.717) is 19.8 Å². The highest BCUT2D eigenvalue weighted by Crippen LogP contribution is 2.15. The fourth-order valence-electron chi connectivity index (χ4n) is 3.32. The number of ether oxygens (including phenoxy) is 1. The molecule has 1 saturated heterocycles. The fraction of sp³-hybridized carbons (Fsp3) is 0.650. The summed E-state index contributed by atoms with van der Waals surface area (Å²) >= 11 is 0. The number of hydrogen-bond acceptors (Lipinski definition) is 3. The smallest absolute Gasteiger partial charge is 0.315 e. The lowest BCUT2D eigenvalue weighted by Crippen LogP contribution is -2.39. The van der Waals surface area contributed by atoms with Crippen LogP contribution in [0.5, 0.6) is 0 Å². The maximum Gasteiger partial charge on any atom is 0.315 e. The fourth-order valence-corrected chi connectivity index (χ4v) is 3.32. The van der Waals surface area contributed by atoms with Crippen LogP contribution in [-0.4, -0.2) is 43.7 Å². The van der Waals surface area contributed by atoms with Crippen LogP contribution in [0.25, 0.3) is 0 Å². The lowest BCUT2D eigenvalue weighted by atomic mass is 10.0. The number of nitrogens with one attached hydrogen (secondary N) is 2. The van der Waals surface area contributed by atoms with Gasteiger partial charge in [-0.3, -0.25) is 0 Å². The minimum absolute atomic E-state index is 0.0989. The van der Waals surface area contributed by atoms with Gasteiger partial charge in [0.1, 0.15) is 0 Å². The molecule has 2 rings (SSSR count). The molecule has 0 aliphatic carbocycles. The van der Waals surface area contributed by atoms with Gasteiger partial charge in [0.05, 0.1) is 6.61 Å². The topological polar surface area (TPSA) is 53.6 Å². The van der Waals surface area contributed by atoms with Gasteiger partial charge in [-0.1, -0.05) is 31.2 Å². The first-order valence-corrected chi connectivity index (χ1v) is 9.57. The van der Waals surface area contributed by atoms with Gasteiger partial charge >= 0.3 is 6.03 Å². The number of nitrogens with zero attached hydrogens (tertiary/aromatic N) is 1. The number of carbonyl (C=O) groups is 1. The van der Waals surface area contributed by atoms with Crippen molar-refractivity contribution in [2.24, 2.45) is 5.92 Å². The minimum Gasteiger partial charge on any atom is -0.377 e. The summed E-state index contributed by atoms with van der Waals surface area (Å²) in [7, 11) is 0. The molecule has 0 radical (unpaired) electrons. The van der Waals surface area contributed by atoms with Gasteiger partial charge in [0.25, 0.3) is 0 Å². The molecule has 25 heavy (non-hydrogen) atoms. The molecule has 140 valence electrons. The molecule has 1 aliphatic rings. The molecule has 5 nitrogen and oxygen atoms in total. The monoisotopic (exact) mass is 347 g/mol. The lowest BCUT2D eigenvalue weighted by Gasteiger charge is -2.30. The number of hydrogen-bond donors (Lipinski definition) is 2. The summed E-state index contributed by atoms with van der Waals surface area (Å²) in [5, 5.41) is 5.90. The SMILES string of the molecule is CCOCc1ccccc1CNC(=O)NCCCN1CCCC(C)C1. The second-order valence-electron chi connectivity index (χ2n) is 6.92. The first-order valence-electron chi connectivity index (χ1n) is 9.57. The Hall–Kier alpha value is -1.59. The van der Waals surface area contributed by atoms with E-state index in [-0.39, 0.29) is 6.03 Å². The zero-order valence-electron chi connectivity index (χ0n) is 15.7. The Balaban J connectivity index is 1.62. The van der Waals surface area contributed by atoms with Crippen LogP contribution in [0.3, 0.4) is 0 Å². The van der Waals surface area contributed by atoms with E-state index >= 15 is 0 Å². The van der Waals surface area contributed by atoms with Crippen LogP contribution in [0.2, 0.25) is 0 Å². The van der Waals surface area contributed by atoms with Crippen LogP contribution in [-0.2, 0) is 17.9 Å². The average Bonchev–Trinajstić information content (AvgIpc) is 2.62. The van der Waals surface area contributed by atoms with Crippen molar-refractivity contribution in [2.75, 3.05) is 32.8 Å². The van der Waals surface area contributed by atoms with Crippen LogP contribution in [0.15, 0.2) is 24.3 Å². The van der Waals surface area contributed by atoms with Crippen molar-refractivity contribution in [3.05, 3.63) is 35.4 Å². The third-order valence-corrected chi connectivity index (χ3v) is 4.70. The summed E-state index contributed by atoms with van der Waals surface area (Å²) in [5.74, 6) is 0.807. The van der Waals surface area contributed by atoms with Crippen molar-refractivity contribution in [3.63, 3.8) is 0 Å². The van der Waals surface area contributed by atoms with Gasteiger partial charge in [-0.2, -0.15) is 0 Å². The van der Waals surface area contributed by atoms with E-state index in [9.17, 15) is 4.79 Å². The zero-order valence-corrected chi connectivity index (χ0v) is 15.7. The van der Waals surface area contributed by atoms with E-state index < -0.39 is 0 Å². The standard InChI is InChI=1S/C20H33N3O2/c1-3-25-16-19-10-5-4-9-18(19)14-22-20(24)21-11-7-13-23-12-6-8-17(2)15-23/h4-5,9-10,17H,3,6-8,11-16H2,1-2H3,(H2,21,22,24). The second-order valence-corrected chi connectivity index (χ2v) is 6.92. The number of likely N-dealkylation sites (tertiary alicyclic amines) is 1. The average molecular weight is 348 g/mol. The molecule has 0 aromatic heterocycles. The molecule has 1 heterocycles. The Labute approximate surface area is 152 Å². The van der Waals surface area contributed by atoms with Crippen molar-refractivity contribution in [1.82, 2.24) is 15.5 Å². The molecule has 2 amide bonds. The molecule has 1 aliphatic heterocycles. The summed E-state index contributed by atoms with van der Waals surface area (Å²) in [6, 6.07) is 7.97. The van der Waals surface area contributed by atoms with Gasteiger partial charge < -0.3 is 20.3 Å². The molecule has 2 N–H and O–H groups in total. The van der Waals surface area contributed by atoms with Crippen molar-refractivity contribution in [3.8, 4) is 0 Å². The van der Waals surface area contributed by atoms with Gasteiger partial charge in [0, 0.05) is 26.2 Å². The zero-order chi connectivity index (χ0) is 17.9. The van der Waals surface area contributed by atoms with Gasteiger partial charge in [-0.05, 0) is 56.3 Å². The Kier molecular flexibility index (Phi) is 8.77. The highest BCUT2D eigenvalue weighted by Gasteiger charge is 2.15. The number of amides is 2. The summed E-state index contributed by atoms with van der Waals surface area (Å²) in [6.45, 7) is 10.3. The van der Waals surface area contributed by atoms with E-state index in [1.54, 1.807) is 0 Å². The molecular formula is C20H33N3O2. The third-order valence-electron chi connectivity index (χ3n) is 4.70. The van der Waals surface area contributed by atoms with E-state index in [1.807, 2.05) is 31.2 Å². The molecule has 1 aromatic carbocycles. The molecule has 0 spiro atoms. The molecular weight excluding hydrogens is 314 g/mol. The number of carbonyl (C=O) groups excluding carboxylic acids is 1. The molecule has 0 bridgehead atoms. The number of piperidine rings is 1. The Bertz CT molecular complexity index is 521. The van der Waals surface area contributed by atoms with Gasteiger partial charge in [-0.25, -0.2) is 4.79 Å². The summed E-state index contributed by atoms with van der Waals surface area (Å²) in [6.07, 6.45) is 3.65. The van der Waals surface area contributed by atoms with Crippen molar-refractivity contribution < 1.29 is 9.53 Å². The van der Waals surface area contributed by atoms with E-state index in [0.717, 1.165) is 36.6 Å². The normalized spacial score (nSPS) is 18.1. The van der Waals surface area contributed by atoms with E-state index in [4.69, 9.17) is 4.74 Å². The maximum atomic E-state index is 12.0. The third kappa shape index (κ3) is 7.45. The highest BCUT2D eigenvalue weighted by atomic mass is 16.5. The van der Waals surface area contributed by atoms with Crippen LogP contribution in [0.1, 0.15) is 44.2 Å². The molecule has 5 heteroatoms. The Morgan fingerprint density at radius 3 is 2.84 bits per heavy atom. The minimum atomic E-state index is -0.0989. The van der Waals surface area contributed by atoms with Gasteiger partial charge in [0.15, 0.2) is 0 Å². The van der Waals surface area contributed by atoms with Crippen molar-refractivity contribution in [2.45, 2.75) is 46.3 Å². The first kappa shape index (κ1) is 19.7. The number of urea groups is 1. The van der Waals surface area contributed by atoms with Crippen LogP contribution in [0, 0.1) is 5.92 Å². The highest BCUT2D eigenvalue weighted by molar-refractivity contribution is 5.73. The predicted octanol–water partition coefficient (Wildman–Crippen LogP) is 3.14. The number of benzene rings is 1. The molecule has 1 fully saturated rings. The summed E-state index contributed by atoms with van der Waals surface area (Å²) in [5.41, 5.74) is 2.23. The maximum absolute atomic E-state index is 12.0. The van der Waals surface area contributed by atoms with Gasteiger partial charge in [-0.15, -0.1) is 0 Å². The first-order chi connectivity index (χ1) is 12.2. The van der Waals surface area contributed by atoms with Gasteiger partial charge in [0.2, 0.25) is 0 Å².